The van der Waals surface area contributed by atoms with Crippen LogP contribution in [0, 0.1) is 16.7 Å². The Labute approximate surface area is 117 Å². The van der Waals surface area contributed by atoms with E-state index >= 15 is 0 Å². The number of hydrogen-bond donors (Lipinski definition) is 0. The second-order valence-corrected chi connectivity index (χ2v) is 7.47. The van der Waals surface area contributed by atoms with E-state index in [1.54, 1.807) is 24.3 Å². The molecule has 0 radical (unpaired) electrons. The van der Waals surface area contributed by atoms with Gasteiger partial charge in [0, 0.05) is 24.3 Å². The molecule has 3 unspecified atom stereocenters. The number of ether oxygens (including phenoxy) is 1. The maximum Gasteiger partial charge on any atom is 0.152 e. The first kappa shape index (κ1) is 14.3. The molecule has 0 aromatic heterocycles. The standard InChI is InChI=1S/C13H14ClNO3S/c1-18-8-13(7-15)11(12(13)19(2,16)17)9-4-3-5-10(14)6-9/h3-6,11-12H,8H2,1-2H3. The maximum absolute atomic E-state index is 11.9. The smallest absolute Gasteiger partial charge is 0.152 e. The van der Waals surface area contributed by atoms with Crippen LogP contribution in [0.15, 0.2) is 24.3 Å². The SMILES string of the molecule is COCC1(C#N)C(c2cccc(Cl)c2)C1S(C)(=O)=O. The predicted octanol–water partition coefficient (Wildman–Crippen LogP) is 2.01. The second kappa shape index (κ2) is 4.78. The van der Waals surface area contributed by atoms with Crippen molar-refractivity contribution >= 4 is 21.4 Å². The van der Waals surface area contributed by atoms with Gasteiger partial charge in [-0.05, 0) is 17.7 Å². The number of nitriles is 1. The zero-order chi connectivity index (χ0) is 14.3. The van der Waals surface area contributed by atoms with Crippen molar-refractivity contribution in [2.45, 2.75) is 11.2 Å². The highest BCUT2D eigenvalue weighted by atomic mass is 35.5. The lowest BCUT2D eigenvalue weighted by atomic mass is 10.0. The third-order valence-electron chi connectivity index (χ3n) is 3.52. The molecule has 1 aliphatic carbocycles. The Balaban J connectivity index is 2.48. The van der Waals surface area contributed by atoms with Gasteiger partial charge in [-0.2, -0.15) is 5.26 Å². The number of sulfone groups is 1. The number of hydrogen-bond acceptors (Lipinski definition) is 4. The van der Waals surface area contributed by atoms with E-state index in [1.807, 2.05) is 0 Å². The molecule has 1 aromatic rings. The number of halogens is 1. The summed E-state index contributed by atoms with van der Waals surface area (Å²) in [6.07, 6.45) is 1.16. The van der Waals surface area contributed by atoms with E-state index in [4.69, 9.17) is 16.3 Å². The molecular formula is C13H14ClNO3S. The van der Waals surface area contributed by atoms with Crippen LogP contribution in [0.3, 0.4) is 0 Å². The van der Waals surface area contributed by atoms with E-state index in [9.17, 15) is 13.7 Å². The zero-order valence-electron chi connectivity index (χ0n) is 10.6. The fraction of sp³-hybridized carbons (Fsp3) is 0.462. The highest BCUT2D eigenvalue weighted by molar-refractivity contribution is 7.91. The van der Waals surface area contributed by atoms with Crippen molar-refractivity contribution in [3.8, 4) is 6.07 Å². The molecular weight excluding hydrogens is 286 g/mol. The minimum Gasteiger partial charge on any atom is -0.383 e. The van der Waals surface area contributed by atoms with Crippen LogP contribution >= 0.6 is 11.6 Å². The minimum absolute atomic E-state index is 0.0957. The van der Waals surface area contributed by atoms with E-state index < -0.39 is 20.5 Å². The average Bonchev–Trinajstić information content (AvgIpc) is 2.99. The molecule has 1 aliphatic rings. The van der Waals surface area contributed by atoms with E-state index in [1.165, 1.54) is 7.11 Å². The lowest BCUT2D eigenvalue weighted by Crippen LogP contribution is -2.17. The first-order valence-electron chi connectivity index (χ1n) is 5.71. The molecule has 1 saturated carbocycles. The molecule has 6 heteroatoms. The van der Waals surface area contributed by atoms with Crippen LogP contribution < -0.4 is 0 Å². The third kappa shape index (κ3) is 2.36. The first-order chi connectivity index (χ1) is 8.86. The normalized spacial score (nSPS) is 29.8. The van der Waals surface area contributed by atoms with Crippen LogP contribution in [0.4, 0.5) is 0 Å². The predicted molar refractivity (Wildman–Crippen MR) is 72.7 cm³/mol. The molecule has 1 fully saturated rings. The Morgan fingerprint density at radius 3 is 2.68 bits per heavy atom. The number of rotatable bonds is 4. The average molecular weight is 300 g/mol. The third-order valence-corrected chi connectivity index (χ3v) is 5.37. The summed E-state index contributed by atoms with van der Waals surface area (Å²) >= 11 is 5.93. The Hall–Kier alpha value is -1.09. The van der Waals surface area contributed by atoms with Crippen molar-refractivity contribution in [2.75, 3.05) is 20.0 Å². The summed E-state index contributed by atoms with van der Waals surface area (Å²) in [4.78, 5) is 0. The highest BCUT2D eigenvalue weighted by Gasteiger charge is 2.71. The van der Waals surface area contributed by atoms with Gasteiger partial charge < -0.3 is 4.74 Å². The largest absolute Gasteiger partial charge is 0.383 e. The zero-order valence-corrected chi connectivity index (χ0v) is 12.2. The lowest BCUT2D eigenvalue weighted by molar-refractivity contribution is 0.162. The van der Waals surface area contributed by atoms with Gasteiger partial charge >= 0.3 is 0 Å². The molecule has 0 N–H and O–H groups in total. The van der Waals surface area contributed by atoms with Gasteiger partial charge in [-0.15, -0.1) is 0 Å². The van der Waals surface area contributed by atoms with Crippen molar-refractivity contribution in [3.05, 3.63) is 34.9 Å². The molecule has 19 heavy (non-hydrogen) atoms. The summed E-state index contributed by atoms with van der Waals surface area (Å²) < 4.78 is 28.8. The van der Waals surface area contributed by atoms with E-state index in [2.05, 4.69) is 6.07 Å². The van der Waals surface area contributed by atoms with Gasteiger partial charge in [-0.3, -0.25) is 0 Å². The summed E-state index contributed by atoms with van der Waals surface area (Å²) in [6.45, 7) is 0.0957. The molecule has 102 valence electrons. The van der Waals surface area contributed by atoms with Gasteiger partial charge in [-0.25, -0.2) is 8.42 Å². The van der Waals surface area contributed by atoms with Gasteiger partial charge in [0.05, 0.1) is 17.9 Å². The topological polar surface area (TPSA) is 67.2 Å². The molecule has 0 amide bonds. The Morgan fingerprint density at radius 2 is 2.21 bits per heavy atom. The summed E-state index contributed by atoms with van der Waals surface area (Å²) in [7, 11) is -1.86. The van der Waals surface area contributed by atoms with Crippen LogP contribution in [0.2, 0.25) is 5.02 Å². The van der Waals surface area contributed by atoms with E-state index in [0.29, 0.717) is 5.02 Å². The molecule has 0 aliphatic heterocycles. The van der Waals surface area contributed by atoms with Gasteiger partial charge in [-0.1, -0.05) is 23.7 Å². The number of methoxy groups -OCH3 is 1. The number of benzene rings is 1. The molecule has 0 saturated heterocycles. The molecule has 0 heterocycles. The number of nitrogens with zero attached hydrogens (tertiary/aromatic N) is 1. The van der Waals surface area contributed by atoms with Crippen molar-refractivity contribution < 1.29 is 13.2 Å². The van der Waals surface area contributed by atoms with Crippen LogP contribution in [-0.2, 0) is 14.6 Å². The summed E-state index contributed by atoms with van der Waals surface area (Å²) in [6, 6.07) is 9.10. The Bertz CT molecular complexity index is 638. The van der Waals surface area contributed by atoms with Crippen molar-refractivity contribution in [2.24, 2.45) is 5.41 Å². The van der Waals surface area contributed by atoms with Gasteiger partial charge in [0.15, 0.2) is 9.84 Å². The fourth-order valence-corrected chi connectivity index (χ4v) is 4.83. The van der Waals surface area contributed by atoms with E-state index in [0.717, 1.165) is 11.8 Å². The van der Waals surface area contributed by atoms with Crippen molar-refractivity contribution in [1.29, 1.82) is 5.26 Å². The van der Waals surface area contributed by atoms with Gasteiger partial charge in [0.1, 0.15) is 5.41 Å². The molecule has 2 rings (SSSR count). The highest BCUT2D eigenvalue weighted by Crippen LogP contribution is 2.62. The second-order valence-electron chi connectivity index (χ2n) is 4.87. The van der Waals surface area contributed by atoms with Crippen molar-refractivity contribution in [3.63, 3.8) is 0 Å². The fourth-order valence-electron chi connectivity index (χ4n) is 2.78. The van der Waals surface area contributed by atoms with Crippen LogP contribution in [-0.4, -0.2) is 33.6 Å². The van der Waals surface area contributed by atoms with Crippen LogP contribution in [0.1, 0.15) is 11.5 Å². The molecule has 3 atom stereocenters. The summed E-state index contributed by atoms with van der Waals surface area (Å²) in [5.74, 6) is -0.383. The molecule has 1 aromatic carbocycles. The summed E-state index contributed by atoms with van der Waals surface area (Å²) in [5.41, 5.74) is -0.242. The Morgan fingerprint density at radius 1 is 1.53 bits per heavy atom. The minimum atomic E-state index is -3.33. The molecule has 0 bridgehead atoms. The monoisotopic (exact) mass is 299 g/mol. The Kier molecular flexibility index (Phi) is 3.61. The van der Waals surface area contributed by atoms with Crippen LogP contribution in [0.5, 0.6) is 0 Å². The first-order valence-corrected chi connectivity index (χ1v) is 8.04. The maximum atomic E-state index is 11.9. The summed E-state index contributed by atoms with van der Waals surface area (Å²) in [5, 5.41) is 9.19. The lowest BCUT2D eigenvalue weighted by Gasteiger charge is -2.07. The van der Waals surface area contributed by atoms with Gasteiger partial charge in [0.25, 0.3) is 0 Å². The van der Waals surface area contributed by atoms with Crippen molar-refractivity contribution in [1.82, 2.24) is 0 Å². The van der Waals surface area contributed by atoms with Crippen LogP contribution in [0.25, 0.3) is 0 Å². The van der Waals surface area contributed by atoms with Gasteiger partial charge in [0.2, 0.25) is 0 Å². The molecule has 4 nitrogen and oxygen atoms in total. The molecule has 0 spiro atoms. The van der Waals surface area contributed by atoms with E-state index in [-0.39, 0.29) is 12.5 Å². The quantitative estimate of drug-likeness (QED) is 0.853.